The Morgan fingerprint density at radius 3 is 2.56 bits per heavy atom. The fourth-order valence-electron chi connectivity index (χ4n) is 1.64. The third-order valence-corrected chi connectivity index (χ3v) is 3.02. The van der Waals surface area contributed by atoms with Crippen molar-refractivity contribution in [2.24, 2.45) is 0 Å². The van der Waals surface area contributed by atoms with E-state index in [1.54, 1.807) is 30.3 Å². The van der Waals surface area contributed by atoms with Crippen LogP contribution in [0.3, 0.4) is 0 Å². The second kappa shape index (κ2) is 5.31. The molecular formula is C14H10BrFO2. The molecule has 2 rings (SSSR count). The highest BCUT2D eigenvalue weighted by Gasteiger charge is 2.17. The highest BCUT2D eigenvalue weighted by Crippen LogP contribution is 2.26. The lowest BCUT2D eigenvalue weighted by molar-refractivity contribution is 0.103. The first kappa shape index (κ1) is 12.8. The van der Waals surface area contributed by atoms with Gasteiger partial charge in [-0.05, 0) is 30.3 Å². The van der Waals surface area contributed by atoms with Gasteiger partial charge in [0.25, 0.3) is 0 Å². The van der Waals surface area contributed by atoms with Gasteiger partial charge in [-0.1, -0.05) is 28.1 Å². The Kier molecular flexibility index (Phi) is 3.77. The van der Waals surface area contributed by atoms with Crippen molar-refractivity contribution < 1.29 is 13.9 Å². The minimum absolute atomic E-state index is 0.0399. The van der Waals surface area contributed by atoms with E-state index in [4.69, 9.17) is 4.74 Å². The molecule has 2 aromatic carbocycles. The third-order valence-electron chi connectivity index (χ3n) is 2.53. The van der Waals surface area contributed by atoms with E-state index in [0.29, 0.717) is 11.3 Å². The predicted octanol–water partition coefficient (Wildman–Crippen LogP) is 3.83. The van der Waals surface area contributed by atoms with Crippen molar-refractivity contribution in [3.05, 3.63) is 63.9 Å². The maximum atomic E-state index is 13.6. The van der Waals surface area contributed by atoms with E-state index in [0.717, 1.165) is 4.47 Å². The summed E-state index contributed by atoms with van der Waals surface area (Å²) in [6.45, 7) is 0. The lowest BCUT2D eigenvalue weighted by Gasteiger charge is -2.08. The molecule has 0 aliphatic heterocycles. The molecule has 0 N–H and O–H groups in total. The number of halogens is 2. The van der Waals surface area contributed by atoms with Gasteiger partial charge in [0.05, 0.1) is 18.2 Å². The number of benzene rings is 2. The SMILES string of the molecule is COc1cc(Br)ccc1C(=O)c1ccccc1F. The van der Waals surface area contributed by atoms with Crippen LogP contribution in [0.15, 0.2) is 46.9 Å². The molecule has 0 aromatic heterocycles. The van der Waals surface area contributed by atoms with Crippen LogP contribution in [0.25, 0.3) is 0 Å². The van der Waals surface area contributed by atoms with Crippen LogP contribution in [0, 0.1) is 5.82 Å². The zero-order valence-electron chi connectivity index (χ0n) is 9.61. The summed E-state index contributed by atoms with van der Waals surface area (Å²) in [7, 11) is 1.47. The number of ketones is 1. The Morgan fingerprint density at radius 2 is 1.89 bits per heavy atom. The maximum Gasteiger partial charge on any atom is 0.199 e. The van der Waals surface area contributed by atoms with Crippen molar-refractivity contribution in [3.8, 4) is 5.75 Å². The minimum Gasteiger partial charge on any atom is -0.496 e. The molecule has 0 unspecified atom stereocenters. The van der Waals surface area contributed by atoms with Gasteiger partial charge < -0.3 is 4.74 Å². The molecule has 2 aromatic rings. The number of rotatable bonds is 3. The smallest absolute Gasteiger partial charge is 0.199 e. The Morgan fingerprint density at radius 1 is 1.17 bits per heavy atom. The normalized spacial score (nSPS) is 10.2. The molecule has 0 saturated carbocycles. The number of carbonyl (C=O) groups excluding carboxylic acids is 1. The highest BCUT2D eigenvalue weighted by molar-refractivity contribution is 9.10. The van der Waals surface area contributed by atoms with Gasteiger partial charge in [-0.25, -0.2) is 4.39 Å². The van der Waals surface area contributed by atoms with Crippen molar-refractivity contribution in [3.63, 3.8) is 0 Å². The van der Waals surface area contributed by atoms with Crippen LogP contribution in [0.1, 0.15) is 15.9 Å². The summed E-state index contributed by atoms with van der Waals surface area (Å²) in [6, 6.07) is 10.9. The number of ether oxygens (including phenoxy) is 1. The van der Waals surface area contributed by atoms with Crippen molar-refractivity contribution in [2.75, 3.05) is 7.11 Å². The molecule has 0 atom stereocenters. The van der Waals surface area contributed by atoms with Crippen LogP contribution < -0.4 is 4.74 Å². The maximum absolute atomic E-state index is 13.6. The molecule has 0 radical (unpaired) electrons. The summed E-state index contributed by atoms with van der Waals surface area (Å²) < 4.78 is 19.5. The molecule has 0 aliphatic carbocycles. The van der Waals surface area contributed by atoms with Crippen molar-refractivity contribution in [1.29, 1.82) is 0 Å². The molecule has 0 fully saturated rings. The molecule has 0 amide bonds. The topological polar surface area (TPSA) is 26.3 Å². The van der Waals surface area contributed by atoms with E-state index in [1.165, 1.54) is 19.2 Å². The van der Waals surface area contributed by atoms with Crippen LogP contribution in [-0.4, -0.2) is 12.9 Å². The Bertz CT molecular complexity index is 596. The lowest BCUT2D eigenvalue weighted by Crippen LogP contribution is -2.06. The first-order valence-corrected chi connectivity index (χ1v) is 6.05. The van der Waals surface area contributed by atoms with E-state index in [1.807, 2.05) is 0 Å². The Hall–Kier alpha value is -1.68. The molecule has 0 spiro atoms. The summed E-state index contributed by atoms with van der Waals surface area (Å²) in [5.41, 5.74) is 0.379. The summed E-state index contributed by atoms with van der Waals surface area (Å²) in [5.74, 6) is -0.512. The van der Waals surface area contributed by atoms with E-state index in [-0.39, 0.29) is 5.56 Å². The molecule has 4 heteroatoms. The summed E-state index contributed by atoms with van der Waals surface area (Å²) in [4.78, 5) is 12.2. The van der Waals surface area contributed by atoms with Crippen LogP contribution in [0.4, 0.5) is 4.39 Å². The van der Waals surface area contributed by atoms with Gasteiger partial charge >= 0.3 is 0 Å². The fraction of sp³-hybridized carbons (Fsp3) is 0.0714. The largest absolute Gasteiger partial charge is 0.496 e. The number of hydrogen-bond acceptors (Lipinski definition) is 2. The van der Waals surface area contributed by atoms with Gasteiger partial charge in [0.1, 0.15) is 11.6 Å². The first-order valence-electron chi connectivity index (χ1n) is 5.26. The Labute approximate surface area is 113 Å². The van der Waals surface area contributed by atoms with Gasteiger partial charge in [0.15, 0.2) is 5.78 Å². The monoisotopic (exact) mass is 308 g/mol. The number of carbonyl (C=O) groups is 1. The average Bonchev–Trinajstić information content (AvgIpc) is 2.38. The molecule has 0 aliphatic rings. The third kappa shape index (κ3) is 2.43. The molecule has 92 valence electrons. The quantitative estimate of drug-likeness (QED) is 0.806. The van der Waals surface area contributed by atoms with Crippen molar-refractivity contribution >= 4 is 21.7 Å². The zero-order valence-corrected chi connectivity index (χ0v) is 11.2. The van der Waals surface area contributed by atoms with Crippen LogP contribution in [0.5, 0.6) is 5.75 Å². The summed E-state index contributed by atoms with van der Waals surface area (Å²) >= 11 is 3.29. The molecule has 0 saturated heterocycles. The van der Waals surface area contributed by atoms with E-state index < -0.39 is 11.6 Å². The molecular weight excluding hydrogens is 299 g/mol. The first-order chi connectivity index (χ1) is 8.63. The summed E-state index contributed by atoms with van der Waals surface area (Å²) in [6.07, 6.45) is 0. The van der Waals surface area contributed by atoms with E-state index in [2.05, 4.69) is 15.9 Å². The highest BCUT2D eigenvalue weighted by atomic mass is 79.9. The van der Waals surface area contributed by atoms with Gasteiger partial charge in [0.2, 0.25) is 0 Å². The van der Waals surface area contributed by atoms with Crippen LogP contribution >= 0.6 is 15.9 Å². The average molecular weight is 309 g/mol. The second-order valence-corrected chi connectivity index (χ2v) is 4.57. The predicted molar refractivity (Wildman–Crippen MR) is 70.5 cm³/mol. The van der Waals surface area contributed by atoms with Gasteiger partial charge in [-0.15, -0.1) is 0 Å². The number of hydrogen-bond donors (Lipinski definition) is 0. The number of methoxy groups -OCH3 is 1. The fourth-order valence-corrected chi connectivity index (χ4v) is 1.98. The Balaban J connectivity index is 2.50. The lowest BCUT2D eigenvalue weighted by atomic mass is 10.0. The van der Waals surface area contributed by atoms with Crippen molar-refractivity contribution in [1.82, 2.24) is 0 Å². The standard InChI is InChI=1S/C14H10BrFO2/c1-18-13-8-9(15)6-7-11(13)14(17)10-4-2-3-5-12(10)16/h2-8H,1H3. The molecule has 0 bridgehead atoms. The van der Waals surface area contributed by atoms with Crippen LogP contribution in [0.2, 0.25) is 0 Å². The van der Waals surface area contributed by atoms with Crippen molar-refractivity contribution in [2.45, 2.75) is 0 Å². The molecule has 2 nitrogen and oxygen atoms in total. The van der Waals surface area contributed by atoms with Gasteiger partial charge in [0, 0.05) is 4.47 Å². The molecule has 18 heavy (non-hydrogen) atoms. The van der Waals surface area contributed by atoms with Crippen LogP contribution in [-0.2, 0) is 0 Å². The van der Waals surface area contributed by atoms with Gasteiger partial charge in [-0.3, -0.25) is 4.79 Å². The summed E-state index contributed by atoms with van der Waals surface area (Å²) in [5, 5.41) is 0. The van der Waals surface area contributed by atoms with E-state index >= 15 is 0 Å². The minimum atomic E-state index is -0.535. The molecule has 0 heterocycles. The zero-order chi connectivity index (χ0) is 13.1. The van der Waals surface area contributed by atoms with E-state index in [9.17, 15) is 9.18 Å². The second-order valence-electron chi connectivity index (χ2n) is 3.65. The van der Waals surface area contributed by atoms with Gasteiger partial charge in [-0.2, -0.15) is 0 Å².